The molecule has 2 aliphatic rings. The van der Waals surface area contributed by atoms with Crippen LogP contribution in [0.4, 0.5) is 0 Å². The van der Waals surface area contributed by atoms with Gasteiger partial charge in [0.25, 0.3) is 0 Å². The van der Waals surface area contributed by atoms with E-state index in [-0.39, 0.29) is 5.91 Å². The topological polar surface area (TPSA) is 49.6 Å². The van der Waals surface area contributed by atoms with E-state index in [1.807, 2.05) is 4.90 Å². The van der Waals surface area contributed by atoms with Gasteiger partial charge < -0.3 is 10.6 Å². The van der Waals surface area contributed by atoms with Gasteiger partial charge in [-0.05, 0) is 34.1 Å². The first kappa shape index (κ1) is 11.9. The maximum Gasteiger partial charge on any atom is 0.242 e. The van der Waals surface area contributed by atoms with Crippen molar-refractivity contribution in [3.63, 3.8) is 0 Å². The second-order valence-electron chi connectivity index (χ2n) is 6.01. The standard InChI is InChI=1S/C12H23N3O/c1-8(2)14-6-10-5-9(14)7-15(10)11(16)12(3,4)13/h8-10H,5-7,13H2,1-4H3. The Labute approximate surface area is 97.8 Å². The molecular weight excluding hydrogens is 202 g/mol. The first-order chi connectivity index (χ1) is 7.30. The molecule has 2 saturated heterocycles. The van der Waals surface area contributed by atoms with Crippen LogP contribution in [-0.4, -0.2) is 52.5 Å². The summed E-state index contributed by atoms with van der Waals surface area (Å²) in [4.78, 5) is 16.6. The van der Waals surface area contributed by atoms with Crippen LogP contribution in [0, 0.1) is 0 Å². The third kappa shape index (κ3) is 1.84. The summed E-state index contributed by atoms with van der Waals surface area (Å²) in [7, 11) is 0. The van der Waals surface area contributed by atoms with Crippen molar-refractivity contribution in [1.29, 1.82) is 0 Å². The Kier molecular flexibility index (Phi) is 2.75. The minimum absolute atomic E-state index is 0.100. The summed E-state index contributed by atoms with van der Waals surface area (Å²) in [6.45, 7) is 9.91. The molecule has 4 nitrogen and oxygen atoms in total. The van der Waals surface area contributed by atoms with Gasteiger partial charge in [-0.25, -0.2) is 0 Å². The minimum atomic E-state index is -0.729. The third-order valence-corrected chi connectivity index (χ3v) is 3.76. The number of hydrogen-bond acceptors (Lipinski definition) is 3. The number of piperazine rings is 1. The van der Waals surface area contributed by atoms with Crippen LogP contribution in [0.3, 0.4) is 0 Å². The number of fused-ring (bicyclic) bond motifs is 2. The van der Waals surface area contributed by atoms with Crippen LogP contribution in [0.25, 0.3) is 0 Å². The van der Waals surface area contributed by atoms with Gasteiger partial charge in [0.1, 0.15) is 0 Å². The van der Waals surface area contributed by atoms with Crippen LogP contribution in [0.2, 0.25) is 0 Å². The van der Waals surface area contributed by atoms with Crippen LogP contribution in [0.5, 0.6) is 0 Å². The molecule has 2 aliphatic heterocycles. The largest absolute Gasteiger partial charge is 0.335 e. The summed E-state index contributed by atoms with van der Waals surface area (Å²) in [6.07, 6.45) is 1.12. The smallest absolute Gasteiger partial charge is 0.242 e. The normalized spacial score (nSPS) is 30.5. The first-order valence-electron chi connectivity index (χ1n) is 6.16. The van der Waals surface area contributed by atoms with E-state index in [0.717, 1.165) is 19.5 Å². The molecule has 2 fully saturated rings. The average molecular weight is 225 g/mol. The summed E-state index contributed by atoms with van der Waals surface area (Å²) >= 11 is 0. The van der Waals surface area contributed by atoms with Crippen molar-refractivity contribution in [2.45, 2.75) is 57.8 Å². The fourth-order valence-corrected chi connectivity index (χ4v) is 2.95. The van der Waals surface area contributed by atoms with Gasteiger partial charge in [0.05, 0.1) is 5.54 Å². The second-order valence-corrected chi connectivity index (χ2v) is 6.01. The fourth-order valence-electron chi connectivity index (χ4n) is 2.95. The van der Waals surface area contributed by atoms with Gasteiger partial charge in [-0.2, -0.15) is 0 Å². The van der Waals surface area contributed by atoms with Gasteiger partial charge >= 0.3 is 0 Å². The molecule has 16 heavy (non-hydrogen) atoms. The molecule has 0 saturated carbocycles. The number of nitrogens with zero attached hydrogens (tertiary/aromatic N) is 2. The van der Waals surface area contributed by atoms with E-state index in [2.05, 4.69) is 18.7 Å². The van der Waals surface area contributed by atoms with E-state index in [4.69, 9.17) is 5.73 Å². The Morgan fingerprint density at radius 1 is 1.31 bits per heavy atom. The number of amides is 1. The van der Waals surface area contributed by atoms with Crippen molar-refractivity contribution in [3.05, 3.63) is 0 Å². The van der Waals surface area contributed by atoms with Crippen LogP contribution in [0.15, 0.2) is 0 Å². The van der Waals surface area contributed by atoms with Crippen molar-refractivity contribution in [2.75, 3.05) is 13.1 Å². The van der Waals surface area contributed by atoms with E-state index in [0.29, 0.717) is 18.1 Å². The Morgan fingerprint density at radius 3 is 2.31 bits per heavy atom. The molecule has 2 heterocycles. The number of rotatable bonds is 2. The molecular formula is C12H23N3O. The van der Waals surface area contributed by atoms with E-state index in [9.17, 15) is 4.79 Å². The Balaban J connectivity index is 2.04. The molecule has 2 rings (SSSR count). The van der Waals surface area contributed by atoms with Crippen molar-refractivity contribution < 1.29 is 4.79 Å². The Morgan fingerprint density at radius 2 is 1.94 bits per heavy atom. The maximum atomic E-state index is 12.1. The number of hydrogen-bond donors (Lipinski definition) is 1. The molecule has 2 atom stereocenters. The van der Waals surface area contributed by atoms with Crippen LogP contribution >= 0.6 is 0 Å². The van der Waals surface area contributed by atoms with Gasteiger partial charge in [-0.1, -0.05) is 0 Å². The predicted octanol–water partition coefficient (Wildman–Crippen LogP) is 0.417. The third-order valence-electron chi connectivity index (χ3n) is 3.76. The highest BCUT2D eigenvalue weighted by molar-refractivity contribution is 5.86. The molecule has 92 valence electrons. The average Bonchev–Trinajstić information content (AvgIpc) is 2.72. The van der Waals surface area contributed by atoms with Gasteiger partial charge in [0.2, 0.25) is 5.91 Å². The molecule has 0 aromatic heterocycles. The zero-order chi connectivity index (χ0) is 12.1. The van der Waals surface area contributed by atoms with Gasteiger partial charge in [0, 0.05) is 31.2 Å². The summed E-state index contributed by atoms with van der Waals surface area (Å²) in [5.74, 6) is 0.100. The zero-order valence-corrected chi connectivity index (χ0v) is 10.7. The quantitative estimate of drug-likeness (QED) is 0.741. The molecule has 2 bridgehead atoms. The highest BCUT2D eigenvalue weighted by Gasteiger charge is 2.47. The zero-order valence-electron chi connectivity index (χ0n) is 10.7. The highest BCUT2D eigenvalue weighted by Crippen LogP contribution is 2.33. The van der Waals surface area contributed by atoms with E-state index < -0.39 is 5.54 Å². The van der Waals surface area contributed by atoms with E-state index >= 15 is 0 Å². The van der Waals surface area contributed by atoms with Crippen molar-refractivity contribution in [2.24, 2.45) is 5.73 Å². The minimum Gasteiger partial charge on any atom is -0.335 e. The highest BCUT2D eigenvalue weighted by atomic mass is 16.2. The molecule has 0 spiro atoms. The summed E-state index contributed by atoms with van der Waals surface area (Å²) < 4.78 is 0. The van der Waals surface area contributed by atoms with Gasteiger partial charge in [-0.15, -0.1) is 0 Å². The SMILES string of the molecule is CC(C)N1CC2CC1CN2C(=O)C(C)(C)N. The lowest BCUT2D eigenvalue weighted by atomic mass is 10.0. The summed E-state index contributed by atoms with van der Waals surface area (Å²) in [5.41, 5.74) is 5.15. The molecule has 2 unspecified atom stereocenters. The van der Waals surface area contributed by atoms with Crippen molar-refractivity contribution in [1.82, 2.24) is 9.80 Å². The molecule has 0 radical (unpaired) electrons. The molecule has 0 aromatic carbocycles. The van der Waals surface area contributed by atoms with Crippen molar-refractivity contribution >= 4 is 5.91 Å². The lowest BCUT2D eigenvalue weighted by Gasteiger charge is -2.38. The summed E-state index contributed by atoms with van der Waals surface area (Å²) in [5, 5.41) is 0. The molecule has 0 aromatic rings. The van der Waals surface area contributed by atoms with E-state index in [1.54, 1.807) is 13.8 Å². The number of nitrogens with two attached hydrogens (primary N) is 1. The van der Waals surface area contributed by atoms with Gasteiger partial charge in [0.15, 0.2) is 0 Å². The number of carbonyl (C=O) groups excluding carboxylic acids is 1. The van der Waals surface area contributed by atoms with Crippen molar-refractivity contribution in [3.8, 4) is 0 Å². The first-order valence-corrected chi connectivity index (χ1v) is 6.16. The molecule has 1 amide bonds. The van der Waals surface area contributed by atoms with Gasteiger partial charge in [-0.3, -0.25) is 9.69 Å². The van der Waals surface area contributed by atoms with Crippen LogP contribution in [-0.2, 0) is 4.79 Å². The number of carbonyl (C=O) groups is 1. The fraction of sp³-hybridized carbons (Fsp3) is 0.917. The lowest BCUT2D eigenvalue weighted by Crippen LogP contribution is -2.57. The van der Waals surface area contributed by atoms with Crippen LogP contribution < -0.4 is 5.73 Å². The monoisotopic (exact) mass is 225 g/mol. The molecule has 4 heteroatoms. The molecule has 2 N–H and O–H groups in total. The summed E-state index contributed by atoms with van der Waals surface area (Å²) in [6, 6.07) is 1.53. The predicted molar refractivity (Wildman–Crippen MR) is 64.0 cm³/mol. The maximum absolute atomic E-state index is 12.1. The van der Waals surface area contributed by atoms with E-state index in [1.165, 1.54) is 0 Å². The lowest BCUT2D eigenvalue weighted by molar-refractivity contribution is -0.138. The Bertz CT molecular complexity index is 295. The Hall–Kier alpha value is -0.610. The van der Waals surface area contributed by atoms with Crippen LogP contribution in [0.1, 0.15) is 34.1 Å². The molecule has 0 aliphatic carbocycles. The number of likely N-dealkylation sites (tertiary alicyclic amines) is 2. The second kappa shape index (κ2) is 3.70.